The molecule has 77 heavy (non-hydrogen) atoms. The lowest BCUT2D eigenvalue weighted by molar-refractivity contribution is 0.332. The number of hydrogen-bond acceptors (Lipinski definition) is 4. The average molecular weight is 1010 g/mol. The standard InChI is InChI=1S/C72H76BN3O/c1-44-36-51-53(70(10,11)35-34-69(51,8)9)41-58(44)76-60-42-54-52(71(12,13)43-72(54,14)15)40-56(60)73-55-32-30-48(74(46-24-18-16-19-25-46)47-26-20-17-21-27-47)39-59(55)75(61-37-45(67(2,3)4)38-62(76)65(61)73)57-33-31-50-49-28-22-23-29-63(49)77-66(50)64(57)68(5,6)7/h16-33,36-42H,34-35,43H2,1-15H3. The van der Waals surface area contributed by atoms with Gasteiger partial charge in [0.05, 0.1) is 5.69 Å². The summed E-state index contributed by atoms with van der Waals surface area (Å²) in [6, 6.07) is 58.1. The molecule has 0 fully saturated rings. The molecule has 0 atom stereocenters. The molecule has 5 heteroatoms. The summed E-state index contributed by atoms with van der Waals surface area (Å²) in [5.41, 5.74) is 26.0. The Bertz CT molecular complexity index is 3860. The summed E-state index contributed by atoms with van der Waals surface area (Å²) in [5.74, 6) is 0. The highest BCUT2D eigenvalue weighted by molar-refractivity contribution is 7.00. The molecule has 3 heterocycles. The summed E-state index contributed by atoms with van der Waals surface area (Å²) in [6.45, 7) is 36.4. The number of fused-ring (bicyclic) bond motifs is 9. The van der Waals surface area contributed by atoms with Crippen molar-refractivity contribution >= 4 is 96.2 Å². The summed E-state index contributed by atoms with van der Waals surface area (Å²) in [5, 5.41) is 2.30. The van der Waals surface area contributed by atoms with Gasteiger partial charge in [-0.2, -0.15) is 0 Å². The Hall–Kier alpha value is -6.98. The first-order valence-corrected chi connectivity index (χ1v) is 28.5. The Balaban J connectivity index is 1.19. The van der Waals surface area contributed by atoms with Gasteiger partial charge in [0.15, 0.2) is 0 Å². The van der Waals surface area contributed by atoms with Crippen molar-refractivity contribution in [3.8, 4) is 0 Å². The van der Waals surface area contributed by atoms with Crippen LogP contribution in [0.4, 0.5) is 51.2 Å². The Morgan fingerprint density at radius 3 is 1.60 bits per heavy atom. The van der Waals surface area contributed by atoms with E-state index in [-0.39, 0.29) is 39.2 Å². The van der Waals surface area contributed by atoms with Gasteiger partial charge in [-0.25, -0.2) is 0 Å². The summed E-state index contributed by atoms with van der Waals surface area (Å²) in [6.07, 6.45) is 3.43. The van der Waals surface area contributed by atoms with Crippen LogP contribution < -0.4 is 31.1 Å². The van der Waals surface area contributed by atoms with Crippen LogP contribution in [0.15, 0.2) is 156 Å². The van der Waals surface area contributed by atoms with Crippen LogP contribution in [-0.4, -0.2) is 6.71 Å². The molecule has 2 aliphatic carbocycles. The molecule has 0 radical (unpaired) electrons. The number of para-hydroxylation sites is 3. The molecular formula is C72H76BN3O. The maximum Gasteiger partial charge on any atom is 0.252 e. The topological polar surface area (TPSA) is 22.9 Å². The van der Waals surface area contributed by atoms with Crippen LogP contribution in [0.1, 0.15) is 155 Å². The second-order valence-electron chi connectivity index (χ2n) is 28.1. The lowest BCUT2D eigenvalue weighted by atomic mass is 9.33. The van der Waals surface area contributed by atoms with Gasteiger partial charge < -0.3 is 19.1 Å². The maximum absolute atomic E-state index is 7.10. The minimum Gasteiger partial charge on any atom is -0.456 e. The summed E-state index contributed by atoms with van der Waals surface area (Å²) in [4.78, 5) is 7.83. The normalized spacial score (nSPS) is 17.5. The van der Waals surface area contributed by atoms with Gasteiger partial charge in [0.2, 0.25) is 0 Å². The second kappa shape index (κ2) is 16.5. The van der Waals surface area contributed by atoms with Crippen molar-refractivity contribution in [2.45, 2.75) is 156 Å². The molecule has 0 bridgehead atoms. The first-order chi connectivity index (χ1) is 36.3. The van der Waals surface area contributed by atoms with Crippen LogP contribution in [0.5, 0.6) is 0 Å². The Morgan fingerprint density at radius 2 is 0.987 bits per heavy atom. The number of rotatable bonds is 5. The zero-order valence-corrected chi connectivity index (χ0v) is 48.4. The molecule has 0 amide bonds. The van der Waals surface area contributed by atoms with Gasteiger partial charge in [0.1, 0.15) is 11.2 Å². The van der Waals surface area contributed by atoms with Crippen molar-refractivity contribution in [1.82, 2.24) is 0 Å². The largest absolute Gasteiger partial charge is 0.456 e. The molecule has 0 saturated carbocycles. The van der Waals surface area contributed by atoms with Gasteiger partial charge in [-0.15, -0.1) is 0 Å². The van der Waals surface area contributed by atoms with Crippen molar-refractivity contribution in [2.24, 2.45) is 0 Å². The zero-order chi connectivity index (χ0) is 54.1. The molecule has 2 aliphatic heterocycles. The van der Waals surface area contributed by atoms with E-state index in [1.165, 1.54) is 90.2 Å². The predicted octanol–water partition coefficient (Wildman–Crippen LogP) is 18.3. The number of anilines is 9. The van der Waals surface area contributed by atoms with E-state index in [1.807, 2.05) is 0 Å². The molecule has 9 aromatic rings. The van der Waals surface area contributed by atoms with Crippen LogP contribution in [0.25, 0.3) is 21.9 Å². The fourth-order valence-corrected chi connectivity index (χ4v) is 14.8. The van der Waals surface area contributed by atoms with Crippen molar-refractivity contribution in [3.05, 3.63) is 191 Å². The first-order valence-electron chi connectivity index (χ1n) is 28.5. The number of aryl methyl sites for hydroxylation is 1. The zero-order valence-electron chi connectivity index (χ0n) is 48.4. The fraction of sp³-hybridized carbons (Fsp3) is 0.333. The SMILES string of the molecule is Cc1cc2c(cc1N1c3cc4c(cc3B3c5ccc(N(c6ccccc6)c6ccccc6)cc5N(c5ccc6c(oc7ccccc76)c5C(C)(C)C)c5cc(C(C)(C)C)cc1c53)C(C)(C)CC4(C)C)C(C)(C)CCC2(C)C. The van der Waals surface area contributed by atoms with Crippen LogP contribution >= 0.6 is 0 Å². The Labute approximate surface area is 459 Å². The van der Waals surface area contributed by atoms with E-state index in [0.717, 1.165) is 57.5 Å². The lowest BCUT2D eigenvalue weighted by Crippen LogP contribution is -2.62. The Kier molecular flexibility index (Phi) is 10.6. The number of furan rings is 1. The summed E-state index contributed by atoms with van der Waals surface area (Å²) < 4.78 is 7.10. The number of benzene rings is 8. The second-order valence-corrected chi connectivity index (χ2v) is 28.1. The third kappa shape index (κ3) is 7.52. The summed E-state index contributed by atoms with van der Waals surface area (Å²) in [7, 11) is 0. The molecule has 4 aliphatic rings. The molecule has 0 unspecified atom stereocenters. The molecule has 0 spiro atoms. The van der Waals surface area contributed by atoms with E-state index >= 15 is 0 Å². The predicted molar refractivity (Wildman–Crippen MR) is 331 cm³/mol. The fourth-order valence-electron chi connectivity index (χ4n) is 14.8. The Morgan fingerprint density at radius 1 is 0.455 bits per heavy atom. The van der Waals surface area contributed by atoms with Gasteiger partial charge in [0, 0.05) is 61.8 Å². The molecule has 388 valence electrons. The third-order valence-electron chi connectivity index (χ3n) is 18.6. The first kappa shape index (κ1) is 49.6. The number of hydrogen-bond donors (Lipinski definition) is 0. The van der Waals surface area contributed by atoms with Gasteiger partial charge in [-0.05, 0) is 187 Å². The maximum atomic E-state index is 7.10. The highest BCUT2D eigenvalue weighted by atomic mass is 16.3. The van der Waals surface area contributed by atoms with Crippen molar-refractivity contribution < 1.29 is 4.42 Å². The molecule has 13 rings (SSSR count). The van der Waals surface area contributed by atoms with Crippen molar-refractivity contribution in [1.29, 1.82) is 0 Å². The van der Waals surface area contributed by atoms with Gasteiger partial charge in [-0.3, -0.25) is 0 Å². The molecule has 1 aromatic heterocycles. The number of nitrogens with zero attached hydrogens (tertiary/aromatic N) is 3. The molecule has 4 nitrogen and oxygen atoms in total. The average Bonchev–Trinajstić information content (AvgIpc) is 3.90. The van der Waals surface area contributed by atoms with Gasteiger partial charge in [-0.1, -0.05) is 170 Å². The van der Waals surface area contributed by atoms with E-state index < -0.39 is 0 Å². The molecule has 0 saturated heterocycles. The molecule has 8 aromatic carbocycles. The van der Waals surface area contributed by atoms with E-state index in [9.17, 15) is 0 Å². The minimum atomic E-state index is -0.308. The van der Waals surface area contributed by atoms with E-state index in [2.05, 4.69) is 270 Å². The summed E-state index contributed by atoms with van der Waals surface area (Å²) >= 11 is 0. The van der Waals surface area contributed by atoms with Gasteiger partial charge in [0.25, 0.3) is 6.71 Å². The minimum absolute atomic E-state index is 0.00189. The monoisotopic (exact) mass is 1010 g/mol. The lowest BCUT2D eigenvalue weighted by Gasteiger charge is -2.47. The van der Waals surface area contributed by atoms with Crippen LogP contribution in [0.2, 0.25) is 0 Å². The molecular weight excluding hydrogens is 934 g/mol. The van der Waals surface area contributed by atoms with Gasteiger partial charge >= 0.3 is 0 Å². The van der Waals surface area contributed by atoms with E-state index in [1.54, 1.807) is 0 Å². The highest BCUT2D eigenvalue weighted by Crippen LogP contribution is 2.56. The van der Waals surface area contributed by atoms with Crippen LogP contribution in [0.3, 0.4) is 0 Å². The van der Waals surface area contributed by atoms with Crippen LogP contribution in [-0.2, 0) is 32.5 Å². The third-order valence-corrected chi connectivity index (χ3v) is 18.6. The van der Waals surface area contributed by atoms with Crippen molar-refractivity contribution in [2.75, 3.05) is 14.7 Å². The van der Waals surface area contributed by atoms with Crippen LogP contribution in [0, 0.1) is 6.92 Å². The van der Waals surface area contributed by atoms with E-state index in [0.29, 0.717) is 0 Å². The quantitative estimate of drug-likeness (QED) is 0.160. The highest BCUT2D eigenvalue weighted by Gasteiger charge is 2.50. The van der Waals surface area contributed by atoms with E-state index in [4.69, 9.17) is 4.42 Å². The van der Waals surface area contributed by atoms with Crippen molar-refractivity contribution in [3.63, 3.8) is 0 Å². The smallest absolute Gasteiger partial charge is 0.252 e. The molecule has 0 N–H and O–H groups in total.